The maximum Gasteiger partial charge on any atom is 0.411 e. The van der Waals surface area contributed by atoms with E-state index >= 15 is 0 Å². The SMILES string of the molecule is CC1=CC=C(NC(=O)OCCCc2ccccc2)CC1. The van der Waals surface area contributed by atoms with E-state index in [0.717, 1.165) is 31.4 Å². The standard InChI is InChI=1S/C17H21NO2/c1-14-9-11-16(12-10-14)18-17(19)20-13-5-8-15-6-3-2-4-7-15/h2-4,6-7,9,11H,5,8,10,12-13H2,1H3,(H,18,19). The first kappa shape index (κ1) is 14.4. The van der Waals surface area contributed by atoms with Crippen LogP contribution in [0.15, 0.2) is 53.8 Å². The second kappa shape index (κ2) is 7.53. The summed E-state index contributed by atoms with van der Waals surface area (Å²) in [6.07, 6.45) is 7.28. The minimum absolute atomic E-state index is 0.350. The van der Waals surface area contributed by atoms with E-state index in [1.807, 2.05) is 30.4 Å². The van der Waals surface area contributed by atoms with Crippen LogP contribution >= 0.6 is 0 Å². The number of carbonyl (C=O) groups is 1. The highest BCUT2D eigenvalue weighted by Gasteiger charge is 2.08. The molecule has 1 aliphatic carbocycles. The molecule has 0 heterocycles. The van der Waals surface area contributed by atoms with Gasteiger partial charge in [-0.2, -0.15) is 0 Å². The summed E-state index contributed by atoms with van der Waals surface area (Å²) in [4.78, 5) is 11.6. The first-order valence-electron chi connectivity index (χ1n) is 7.08. The first-order valence-corrected chi connectivity index (χ1v) is 7.08. The van der Waals surface area contributed by atoms with Crippen molar-refractivity contribution in [3.8, 4) is 0 Å². The fourth-order valence-corrected chi connectivity index (χ4v) is 2.10. The molecule has 0 aromatic heterocycles. The fourth-order valence-electron chi connectivity index (χ4n) is 2.10. The number of benzene rings is 1. The summed E-state index contributed by atoms with van der Waals surface area (Å²) in [6, 6.07) is 10.2. The first-order chi connectivity index (χ1) is 9.74. The predicted octanol–water partition coefficient (Wildman–Crippen LogP) is 3.97. The molecule has 0 saturated heterocycles. The highest BCUT2D eigenvalue weighted by molar-refractivity contribution is 5.69. The molecule has 0 unspecified atom stereocenters. The summed E-state index contributed by atoms with van der Waals surface area (Å²) in [5, 5.41) is 2.79. The molecule has 1 aliphatic rings. The van der Waals surface area contributed by atoms with Gasteiger partial charge in [0.15, 0.2) is 0 Å². The van der Waals surface area contributed by atoms with Crippen molar-refractivity contribution in [2.24, 2.45) is 0 Å². The second-order valence-corrected chi connectivity index (χ2v) is 5.05. The maximum atomic E-state index is 11.6. The Kier molecular flexibility index (Phi) is 5.42. The van der Waals surface area contributed by atoms with Gasteiger partial charge in [-0.05, 0) is 44.2 Å². The molecule has 0 atom stereocenters. The zero-order chi connectivity index (χ0) is 14.2. The second-order valence-electron chi connectivity index (χ2n) is 5.05. The highest BCUT2D eigenvalue weighted by atomic mass is 16.5. The molecule has 1 amide bonds. The van der Waals surface area contributed by atoms with Gasteiger partial charge in [0.05, 0.1) is 6.61 Å². The third-order valence-corrected chi connectivity index (χ3v) is 3.31. The lowest BCUT2D eigenvalue weighted by Gasteiger charge is -2.13. The molecule has 2 rings (SSSR count). The number of hydrogen-bond acceptors (Lipinski definition) is 2. The molecule has 0 spiro atoms. The molecule has 3 heteroatoms. The predicted molar refractivity (Wildman–Crippen MR) is 80.3 cm³/mol. The van der Waals surface area contributed by atoms with Crippen LogP contribution in [0.25, 0.3) is 0 Å². The Morgan fingerprint density at radius 2 is 2.00 bits per heavy atom. The van der Waals surface area contributed by atoms with Crippen LogP contribution < -0.4 is 5.32 Å². The van der Waals surface area contributed by atoms with Gasteiger partial charge in [-0.15, -0.1) is 0 Å². The molecule has 0 saturated carbocycles. The summed E-state index contributed by atoms with van der Waals surface area (Å²) >= 11 is 0. The highest BCUT2D eigenvalue weighted by Crippen LogP contribution is 2.15. The van der Waals surface area contributed by atoms with Crippen molar-refractivity contribution in [3.05, 3.63) is 59.3 Å². The van der Waals surface area contributed by atoms with E-state index in [2.05, 4.69) is 24.4 Å². The molecule has 106 valence electrons. The zero-order valence-electron chi connectivity index (χ0n) is 11.9. The van der Waals surface area contributed by atoms with Gasteiger partial charge in [0.25, 0.3) is 0 Å². The van der Waals surface area contributed by atoms with E-state index in [9.17, 15) is 4.79 Å². The van der Waals surface area contributed by atoms with Crippen LogP contribution in [-0.2, 0) is 11.2 Å². The molecule has 1 aromatic rings. The Balaban J connectivity index is 1.63. The molecular formula is C17H21NO2. The zero-order valence-corrected chi connectivity index (χ0v) is 11.9. The van der Waals surface area contributed by atoms with Gasteiger partial charge in [-0.25, -0.2) is 4.79 Å². The van der Waals surface area contributed by atoms with Gasteiger partial charge in [-0.3, -0.25) is 5.32 Å². The van der Waals surface area contributed by atoms with Crippen LogP contribution in [0.3, 0.4) is 0 Å². The summed E-state index contributed by atoms with van der Waals surface area (Å²) in [6.45, 7) is 2.54. The minimum atomic E-state index is -0.350. The topological polar surface area (TPSA) is 38.3 Å². The number of carbonyl (C=O) groups excluding carboxylic acids is 1. The van der Waals surface area contributed by atoms with E-state index in [1.165, 1.54) is 11.1 Å². The molecule has 0 aliphatic heterocycles. The summed E-state index contributed by atoms with van der Waals surface area (Å²) < 4.78 is 5.18. The number of aryl methyl sites for hydroxylation is 1. The van der Waals surface area contributed by atoms with Gasteiger partial charge in [0, 0.05) is 5.70 Å². The summed E-state index contributed by atoms with van der Waals surface area (Å²) in [5.41, 5.74) is 3.54. The number of nitrogens with one attached hydrogen (secondary N) is 1. The van der Waals surface area contributed by atoms with Crippen molar-refractivity contribution >= 4 is 6.09 Å². The molecular weight excluding hydrogens is 250 g/mol. The van der Waals surface area contributed by atoms with E-state index < -0.39 is 0 Å². The van der Waals surface area contributed by atoms with Crippen molar-refractivity contribution in [1.29, 1.82) is 0 Å². The fraction of sp³-hybridized carbons (Fsp3) is 0.353. The third-order valence-electron chi connectivity index (χ3n) is 3.31. The van der Waals surface area contributed by atoms with E-state index in [1.54, 1.807) is 0 Å². The van der Waals surface area contributed by atoms with Crippen LogP contribution in [0.5, 0.6) is 0 Å². The lowest BCUT2D eigenvalue weighted by atomic mass is 10.0. The van der Waals surface area contributed by atoms with Gasteiger partial charge >= 0.3 is 6.09 Å². The van der Waals surface area contributed by atoms with Crippen LogP contribution in [0, 0.1) is 0 Å². The molecule has 20 heavy (non-hydrogen) atoms. The lowest BCUT2D eigenvalue weighted by molar-refractivity contribution is 0.147. The number of rotatable bonds is 5. The van der Waals surface area contributed by atoms with E-state index in [0.29, 0.717) is 6.61 Å². The molecule has 0 radical (unpaired) electrons. The normalized spacial score (nSPS) is 14.2. The molecule has 1 N–H and O–H groups in total. The largest absolute Gasteiger partial charge is 0.449 e. The van der Waals surface area contributed by atoms with Crippen molar-refractivity contribution < 1.29 is 9.53 Å². The monoisotopic (exact) mass is 271 g/mol. The average Bonchev–Trinajstić information content (AvgIpc) is 2.47. The average molecular weight is 271 g/mol. The molecule has 0 bridgehead atoms. The number of amides is 1. The molecule has 1 aromatic carbocycles. The maximum absolute atomic E-state index is 11.6. The summed E-state index contributed by atoms with van der Waals surface area (Å²) in [7, 11) is 0. The Hall–Kier alpha value is -2.03. The number of hydrogen-bond donors (Lipinski definition) is 1. The van der Waals surface area contributed by atoms with Crippen molar-refractivity contribution in [2.75, 3.05) is 6.61 Å². The Labute approximate surface area is 120 Å². The van der Waals surface area contributed by atoms with Crippen molar-refractivity contribution in [1.82, 2.24) is 5.32 Å². The van der Waals surface area contributed by atoms with Crippen LogP contribution in [0.4, 0.5) is 4.79 Å². The Bertz CT molecular complexity index is 503. The smallest absolute Gasteiger partial charge is 0.411 e. The number of alkyl carbamates (subject to hydrolysis) is 1. The van der Waals surface area contributed by atoms with Crippen molar-refractivity contribution in [3.63, 3.8) is 0 Å². The van der Waals surface area contributed by atoms with Crippen LogP contribution in [0.2, 0.25) is 0 Å². The van der Waals surface area contributed by atoms with Gasteiger partial charge < -0.3 is 4.74 Å². The summed E-state index contributed by atoms with van der Waals surface area (Å²) in [5.74, 6) is 0. The van der Waals surface area contributed by atoms with Gasteiger partial charge in [0.1, 0.15) is 0 Å². The van der Waals surface area contributed by atoms with Gasteiger partial charge in [0.2, 0.25) is 0 Å². The van der Waals surface area contributed by atoms with E-state index in [-0.39, 0.29) is 6.09 Å². The van der Waals surface area contributed by atoms with Crippen molar-refractivity contribution in [2.45, 2.75) is 32.6 Å². The Morgan fingerprint density at radius 3 is 2.70 bits per heavy atom. The quantitative estimate of drug-likeness (QED) is 0.823. The third kappa shape index (κ3) is 4.92. The van der Waals surface area contributed by atoms with E-state index in [4.69, 9.17) is 4.74 Å². The molecule has 0 fully saturated rings. The number of ether oxygens (including phenoxy) is 1. The van der Waals surface area contributed by atoms with Gasteiger partial charge in [-0.1, -0.05) is 42.0 Å². The number of allylic oxidation sites excluding steroid dienone is 4. The van der Waals surface area contributed by atoms with Crippen LogP contribution in [0.1, 0.15) is 31.7 Å². The Morgan fingerprint density at radius 1 is 1.20 bits per heavy atom. The minimum Gasteiger partial charge on any atom is -0.449 e. The molecule has 3 nitrogen and oxygen atoms in total. The van der Waals surface area contributed by atoms with Crippen LogP contribution in [-0.4, -0.2) is 12.7 Å². The lowest BCUT2D eigenvalue weighted by Crippen LogP contribution is -2.24.